The molecule has 4 N–H and O–H groups in total. The Hall–Kier alpha value is -2.60. The molecule has 1 aromatic heterocycles. The molecule has 0 aliphatic rings. The van der Waals surface area contributed by atoms with Gasteiger partial charge in [-0.05, 0) is 5.56 Å². The minimum absolute atomic E-state index is 0.0901. The second-order valence-corrected chi connectivity index (χ2v) is 4.14. The van der Waals surface area contributed by atoms with Crippen molar-refractivity contribution in [1.82, 2.24) is 4.98 Å². The van der Waals surface area contributed by atoms with Gasteiger partial charge < -0.3 is 20.6 Å². The molecule has 2 aromatic rings. The van der Waals surface area contributed by atoms with Gasteiger partial charge in [0.1, 0.15) is 12.2 Å². The molecule has 6 nitrogen and oxygen atoms in total. The summed E-state index contributed by atoms with van der Waals surface area (Å²) in [6.07, 6.45) is 1.17. The van der Waals surface area contributed by atoms with Crippen molar-refractivity contribution in [3.63, 3.8) is 0 Å². The zero-order valence-electron chi connectivity index (χ0n) is 10.6. The number of primary amides is 1. The van der Waals surface area contributed by atoms with E-state index in [2.05, 4.69) is 4.98 Å². The Balaban J connectivity index is 2.32. The van der Waals surface area contributed by atoms with E-state index in [-0.39, 0.29) is 23.6 Å². The summed E-state index contributed by atoms with van der Waals surface area (Å²) in [5.74, 6) is -0.937. The number of hydrogen-bond donors (Lipinski definition) is 3. The summed E-state index contributed by atoms with van der Waals surface area (Å²) in [6, 6.07) is 9.23. The number of aliphatic hydroxyl groups is 1. The lowest BCUT2D eigenvalue weighted by atomic mass is 10.2. The zero-order valence-corrected chi connectivity index (χ0v) is 10.6. The average Bonchev–Trinajstić information content (AvgIpc) is 2.46. The van der Waals surface area contributed by atoms with Crippen LogP contribution in [-0.4, -0.2) is 16.0 Å². The predicted molar refractivity (Wildman–Crippen MR) is 72.3 cm³/mol. The van der Waals surface area contributed by atoms with Gasteiger partial charge in [-0.2, -0.15) is 0 Å². The molecule has 0 bridgehead atoms. The maximum Gasteiger partial charge on any atom is 0.254 e. The Kier molecular flexibility index (Phi) is 4.17. The van der Waals surface area contributed by atoms with Gasteiger partial charge in [-0.3, -0.25) is 9.59 Å². The number of aromatic amines is 1. The minimum atomic E-state index is -0.847. The molecule has 0 fully saturated rings. The number of hydrogen-bond acceptors (Lipinski definition) is 4. The number of carbonyl (C=O) groups excluding carboxylic acids is 1. The van der Waals surface area contributed by atoms with Gasteiger partial charge in [-0.1, -0.05) is 30.3 Å². The van der Waals surface area contributed by atoms with Crippen molar-refractivity contribution < 1.29 is 14.6 Å². The van der Waals surface area contributed by atoms with Crippen LogP contribution in [0.2, 0.25) is 0 Å². The molecule has 0 saturated heterocycles. The highest BCUT2D eigenvalue weighted by molar-refractivity contribution is 5.92. The number of amides is 1. The molecule has 1 aromatic carbocycles. The molecule has 0 unspecified atom stereocenters. The summed E-state index contributed by atoms with van der Waals surface area (Å²) in [5.41, 5.74) is 5.34. The zero-order chi connectivity index (χ0) is 14.5. The van der Waals surface area contributed by atoms with Crippen LogP contribution in [0.3, 0.4) is 0 Å². The summed E-state index contributed by atoms with van der Waals surface area (Å²) in [7, 11) is 0. The molecule has 0 saturated carbocycles. The van der Waals surface area contributed by atoms with Gasteiger partial charge in [0.15, 0.2) is 5.75 Å². The van der Waals surface area contributed by atoms with Crippen LogP contribution in [0.25, 0.3) is 0 Å². The first kappa shape index (κ1) is 13.8. The van der Waals surface area contributed by atoms with E-state index in [4.69, 9.17) is 10.5 Å². The number of carbonyl (C=O) groups is 1. The van der Waals surface area contributed by atoms with Crippen LogP contribution in [0.5, 0.6) is 5.75 Å². The van der Waals surface area contributed by atoms with Crippen molar-refractivity contribution in [2.45, 2.75) is 13.2 Å². The summed E-state index contributed by atoms with van der Waals surface area (Å²) in [6.45, 7) is -0.252. The van der Waals surface area contributed by atoms with E-state index in [9.17, 15) is 14.7 Å². The number of pyridine rings is 1. The lowest BCUT2D eigenvalue weighted by Crippen LogP contribution is -2.24. The van der Waals surface area contributed by atoms with E-state index in [0.29, 0.717) is 0 Å². The van der Waals surface area contributed by atoms with E-state index in [1.807, 2.05) is 30.3 Å². The summed E-state index contributed by atoms with van der Waals surface area (Å²) in [4.78, 5) is 25.8. The molecule has 0 aliphatic heterocycles. The van der Waals surface area contributed by atoms with Crippen LogP contribution >= 0.6 is 0 Å². The van der Waals surface area contributed by atoms with E-state index >= 15 is 0 Å². The highest BCUT2D eigenvalue weighted by Crippen LogP contribution is 2.13. The van der Waals surface area contributed by atoms with Crippen molar-refractivity contribution in [2.75, 3.05) is 0 Å². The summed E-state index contributed by atoms with van der Waals surface area (Å²) < 4.78 is 5.42. The lowest BCUT2D eigenvalue weighted by Gasteiger charge is -2.10. The third-order valence-corrected chi connectivity index (χ3v) is 2.77. The molecule has 1 amide bonds. The standard InChI is InChI=1S/C14H14N2O4/c15-14(19)10-6-16-11(7-17)13(12(10)18)20-8-9-4-2-1-3-5-9/h1-6,17H,7-8H2,(H2,15,19)(H,16,18). The second-order valence-electron chi connectivity index (χ2n) is 4.14. The van der Waals surface area contributed by atoms with E-state index < -0.39 is 17.9 Å². The SMILES string of the molecule is NC(=O)c1c[nH]c(CO)c(OCc2ccccc2)c1=O. The number of aromatic nitrogens is 1. The predicted octanol–water partition coefficient (Wildman–Crippen LogP) is 0.545. The molecular formula is C14H14N2O4. The van der Waals surface area contributed by atoms with Crippen LogP contribution < -0.4 is 15.9 Å². The van der Waals surface area contributed by atoms with Crippen molar-refractivity contribution in [3.8, 4) is 5.75 Å². The highest BCUT2D eigenvalue weighted by Gasteiger charge is 2.15. The number of benzene rings is 1. The quantitative estimate of drug-likeness (QED) is 0.740. The first-order chi connectivity index (χ1) is 9.63. The Bertz CT molecular complexity index is 665. The minimum Gasteiger partial charge on any atom is -0.483 e. The van der Waals surface area contributed by atoms with Crippen LogP contribution in [0.1, 0.15) is 21.6 Å². The summed E-state index contributed by atoms with van der Waals surface area (Å²) >= 11 is 0. The Morgan fingerprint density at radius 2 is 2.00 bits per heavy atom. The first-order valence-electron chi connectivity index (χ1n) is 5.95. The van der Waals surface area contributed by atoms with Gasteiger partial charge in [0.25, 0.3) is 5.91 Å². The van der Waals surface area contributed by atoms with Gasteiger partial charge >= 0.3 is 0 Å². The highest BCUT2D eigenvalue weighted by atomic mass is 16.5. The van der Waals surface area contributed by atoms with Crippen molar-refractivity contribution >= 4 is 5.91 Å². The molecule has 0 radical (unpaired) electrons. The third-order valence-electron chi connectivity index (χ3n) is 2.77. The normalized spacial score (nSPS) is 10.2. The van der Waals surface area contributed by atoms with E-state index in [1.54, 1.807) is 0 Å². The molecule has 2 rings (SSSR count). The summed E-state index contributed by atoms with van der Waals surface area (Å²) in [5, 5.41) is 9.20. The molecule has 0 spiro atoms. The number of rotatable bonds is 5. The lowest BCUT2D eigenvalue weighted by molar-refractivity contribution is 0.0998. The molecule has 20 heavy (non-hydrogen) atoms. The second kappa shape index (κ2) is 6.03. The van der Waals surface area contributed by atoms with E-state index in [0.717, 1.165) is 5.56 Å². The maximum absolute atomic E-state index is 12.1. The molecule has 104 valence electrons. The maximum atomic E-state index is 12.1. The van der Waals surface area contributed by atoms with E-state index in [1.165, 1.54) is 6.20 Å². The number of H-pyrrole nitrogens is 1. The van der Waals surface area contributed by atoms with Crippen LogP contribution in [0, 0.1) is 0 Å². The fourth-order valence-electron chi connectivity index (χ4n) is 1.73. The molecule has 1 heterocycles. The monoisotopic (exact) mass is 274 g/mol. The fraction of sp³-hybridized carbons (Fsp3) is 0.143. The molecule has 6 heteroatoms. The number of nitrogens with one attached hydrogen (secondary N) is 1. The first-order valence-corrected chi connectivity index (χ1v) is 5.95. The van der Waals surface area contributed by atoms with Crippen LogP contribution in [0.15, 0.2) is 41.3 Å². The van der Waals surface area contributed by atoms with Gasteiger partial charge in [-0.15, -0.1) is 0 Å². The molecule has 0 atom stereocenters. The van der Waals surface area contributed by atoms with Crippen molar-refractivity contribution in [1.29, 1.82) is 0 Å². The van der Waals surface area contributed by atoms with Gasteiger partial charge in [0.2, 0.25) is 5.43 Å². The van der Waals surface area contributed by atoms with Gasteiger partial charge in [-0.25, -0.2) is 0 Å². The van der Waals surface area contributed by atoms with Crippen LogP contribution in [0.4, 0.5) is 0 Å². The van der Waals surface area contributed by atoms with Crippen molar-refractivity contribution in [3.05, 3.63) is 63.6 Å². The number of nitrogens with two attached hydrogens (primary N) is 1. The largest absolute Gasteiger partial charge is 0.483 e. The smallest absolute Gasteiger partial charge is 0.254 e. The third kappa shape index (κ3) is 2.86. The van der Waals surface area contributed by atoms with Crippen molar-refractivity contribution in [2.24, 2.45) is 5.73 Å². The van der Waals surface area contributed by atoms with Gasteiger partial charge in [0, 0.05) is 6.20 Å². The molecule has 0 aliphatic carbocycles. The Morgan fingerprint density at radius 3 is 2.60 bits per heavy atom. The van der Waals surface area contributed by atoms with Crippen LogP contribution in [-0.2, 0) is 13.2 Å². The number of aliphatic hydroxyl groups excluding tert-OH is 1. The number of ether oxygens (including phenoxy) is 1. The Labute approximate surface area is 114 Å². The van der Waals surface area contributed by atoms with Gasteiger partial charge in [0.05, 0.1) is 12.3 Å². The average molecular weight is 274 g/mol. The molecular weight excluding hydrogens is 260 g/mol. The topological polar surface area (TPSA) is 105 Å². The fourth-order valence-corrected chi connectivity index (χ4v) is 1.73. The Morgan fingerprint density at radius 1 is 1.30 bits per heavy atom.